The average molecular weight is 375 g/mol. The molecule has 1 amide bonds. The minimum absolute atomic E-state index is 0.00194. The zero-order chi connectivity index (χ0) is 20.1. The molecule has 0 fully saturated rings. The summed E-state index contributed by atoms with van der Waals surface area (Å²) in [5.74, 6) is 0.443. The van der Waals surface area contributed by atoms with E-state index in [4.69, 9.17) is 20.8 Å². The fraction of sp³-hybridized carbons (Fsp3) is 0.0952. The Morgan fingerprint density at radius 3 is 2.25 bits per heavy atom. The van der Waals surface area contributed by atoms with Crippen LogP contribution in [-0.4, -0.2) is 27.7 Å². The van der Waals surface area contributed by atoms with E-state index < -0.39 is 18.6 Å². The zero-order valence-corrected chi connectivity index (χ0v) is 14.7. The number of benzene rings is 2. The lowest BCUT2D eigenvalue weighted by molar-refractivity contribution is 0.0948. The molecular weight excluding hydrogens is 358 g/mol. The lowest BCUT2D eigenvalue weighted by atomic mass is 10.0. The standard InChI is InChI=1S/C21H17N3O4/c22-11-13-1-5-16(6-2-13)28-17-7-3-14(4-8-17)18-9-15(20(26)12-25)10-19(24-18)21(23)27/h1-10,20,25-26H,12H2,(H2,23,27)/t20-/m0/s1. The Balaban J connectivity index is 1.87. The molecule has 7 heteroatoms. The molecule has 0 radical (unpaired) electrons. The van der Waals surface area contributed by atoms with Crippen LogP contribution < -0.4 is 10.5 Å². The fourth-order valence-electron chi connectivity index (χ4n) is 2.55. The quantitative estimate of drug-likeness (QED) is 0.607. The number of hydrogen-bond donors (Lipinski definition) is 3. The Morgan fingerprint density at radius 2 is 1.71 bits per heavy atom. The van der Waals surface area contributed by atoms with Gasteiger partial charge in [-0.1, -0.05) is 0 Å². The van der Waals surface area contributed by atoms with Crippen molar-refractivity contribution in [2.45, 2.75) is 6.10 Å². The molecular formula is C21H17N3O4. The van der Waals surface area contributed by atoms with Crippen LogP contribution in [-0.2, 0) is 0 Å². The molecule has 0 aliphatic rings. The summed E-state index contributed by atoms with van der Waals surface area (Å²) in [6, 6.07) is 18.7. The number of aromatic nitrogens is 1. The number of aliphatic hydroxyl groups is 2. The van der Waals surface area contributed by atoms with Crippen molar-refractivity contribution in [1.82, 2.24) is 4.98 Å². The van der Waals surface area contributed by atoms with Crippen molar-refractivity contribution in [3.63, 3.8) is 0 Å². The Hall–Kier alpha value is -3.73. The molecule has 3 rings (SSSR count). The lowest BCUT2D eigenvalue weighted by Crippen LogP contribution is -2.15. The summed E-state index contributed by atoms with van der Waals surface area (Å²) in [6.07, 6.45) is -1.14. The topological polar surface area (TPSA) is 129 Å². The number of carbonyl (C=O) groups excluding carboxylic acids is 1. The van der Waals surface area contributed by atoms with Crippen LogP contribution in [0, 0.1) is 11.3 Å². The number of nitrogens with zero attached hydrogens (tertiary/aromatic N) is 2. The third-order valence-corrected chi connectivity index (χ3v) is 4.03. The normalized spacial score (nSPS) is 11.5. The smallest absolute Gasteiger partial charge is 0.267 e. The van der Waals surface area contributed by atoms with Gasteiger partial charge < -0.3 is 20.7 Å². The van der Waals surface area contributed by atoms with Gasteiger partial charge in [0, 0.05) is 5.56 Å². The van der Waals surface area contributed by atoms with E-state index in [1.807, 2.05) is 6.07 Å². The molecule has 0 saturated carbocycles. The van der Waals surface area contributed by atoms with Crippen molar-refractivity contribution >= 4 is 5.91 Å². The van der Waals surface area contributed by atoms with E-state index in [9.17, 15) is 9.90 Å². The highest BCUT2D eigenvalue weighted by Gasteiger charge is 2.14. The number of nitriles is 1. The first-order chi connectivity index (χ1) is 13.5. The summed E-state index contributed by atoms with van der Waals surface area (Å²) < 4.78 is 5.73. The second-order valence-electron chi connectivity index (χ2n) is 6.00. The molecule has 3 aromatic rings. The van der Waals surface area contributed by atoms with E-state index in [0.29, 0.717) is 33.9 Å². The van der Waals surface area contributed by atoms with E-state index in [2.05, 4.69) is 4.98 Å². The van der Waals surface area contributed by atoms with Crippen LogP contribution in [0.5, 0.6) is 11.5 Å². The molecule has 7 nitrogen and oxygen atoms in total. The minimum Gasteiger partial charge on any atom is -0.457 e. The lowest BCUT2D eigenvalue weighted by Gasteiger charge is -2.12. The summed E-state index contributed by atoms with van der Waals surface area (Å²) in [5, 5.41) is 27.9. The number of pyridine rings is 1. The van der Waals surface area contributed by atoms with Gasteiger partial charge in [0.15, 0.2) is 0 Å². The van der Waals surface area contributed by atoms with Crippen molar-refractivity contribution in [2.75, 3.05) is 6.61 Å². The summed E-state index contributed by atoms with van der Waals surface area (Å²) >= 11 is 0. The van der Waals surface area contributed by atoms with Crippen molar-refractivity contribution in [1.29, 1.82) is 5.26 Å². The molecule has 4 N–H and O–H groups in total. The Labute approximate surface area is 161 Å². The van der Waals surface area contributed by atoms with E-state index >= 15 is 0 Å². The van der Waals surface area contributed by atoms with Crippen LogP contribution in [0.2, 0.25) is 0 Å². The largest absolute Gasteiger partial charge is 0.457 e. The number of rotatable bonds is 6. The number of aliphatic hydroxyl groups excluding tert-OH is 2. The first-order valence-corrected chi connectivity index (χ1v) is 8.39. The molecule has 1 atom stereocenters. The SMILES string of the molecule is N#Cc1ccc(Oc2ccc(-c3cc([C@@H](O)CO)cc(C(N)=O)n3)cc2)cc1. The molecule has 1 aromatic heterocycles. The Bertz CT molecular complexity index is 1030. The number of primary amides is 1. The second kappa shape index (κ2) is 8.31. The molecule has 1 heterocycles. The summed E-state index contributed by atoms with van der Waals surface area (Å²) in [4.78, 5) is 15.7. The highest BCUT2D eigenvalue weighted by molar-refractivity contribution is 5.91. The molecule has 2 aromatic carbocycles. The molecule has 140 valence electrons. The van der Waals surface area contributed by atoms with Crippen LogP contribution in [0.25, 0.3) is 11.3 Å². The van der Waals surface area contributed by atoms with Crippen LogP contribution in [0.1, 0.15) is 27.7 Å². The molecule has 0 aliphatic carbocycles. The van der Waals surface area contributed by atoms with E-state index in [1.54, 1.807) is 54.6 Å². The molecule has 0 spiro atoms. The van der Waals surface area contributed by atoms with Crippen LogP contribution in [0.3, 0.4) is 0 Å². The summed E-state index contributed by atoms with van der Waals surface area (Å²) in [5.41, 5.74) is 7.32. The predicted molar refractivity (Wildman–Crippen MR) is 101 cm³/mol. The van der Waals surface area contributed by atoms with Crippen LogP contribution in [0.15, 0.2) is 60.7 Å². The third kappa shape index (κ3) is 4.32. The van der Waals surface area contributed by atoms with Crippen molar-refractivity contribution in [3.8, 4) is 28.8 Å². The first-order valence-electron chi connectivity index (χ1n) is 8.39. The average Bonchev–Trinajstić information content (AvgIpc) is 2.74. The predicted octanol–water partition coefficient (Wildman–Crippen LogP) is 2.54. The monoisotopic (exact) mass is 375 g/mol. The van der Waals surface area contributed by atoms with E-state index in [-0.39, 0.29) is 5.69 Å². The van der Waals surface area contributed by atoms with Crippen LogP contribution in [0.4, 0.5) is 0 Å². The van der Waals surface area contributed by atoms with Gasteiger partial charge in [0.25, 0.3) is 5.91 Å². The van der Waals surface area contributed by atoms with E-state index in [0.717, 1.165) is 0 Å². The molecule has 0 bridgehead atoms. The van der Waals surface area contributed by atoms with Gasteiger partial charge in [0.05, 0.1) is 23.9 Å². The zero-order valence-electron chi connectivity index (χ0n) is 14.7. The fourth-order valence-corrected chi connectivity index (χ4v) is 2.55. The van der Waals surface area contributed by atoms with Gasteiger partial charge in [0.1, 0.15) is 23.3 Å². The van der Waals surface area contributed by atoms with Crippen molar-refractivity contribution in [3.05, 3.63) is 77.5 Å². The van der Waals surface area contributed by atoms with Crippen molar-refractivity contribution in [2.24, 2.45) is 5.73 Å². The number of nitrogens with two attached hydrogens (primary N) is 1. The van der Waals surface area contributed by atoms with E-state index in [1.165, 1.54) is 6.07 Å². The van der Waals surface area contributed by atoms with Gasteiger partial charge in [-0.2, -0.15) is 5.26 Å². The summed E-state index contributed by atoms with van der Waals surface area (Å²) in [7, 11) is 0. The molecule has 0 aliphatic heterocycles. The van der Waals surface area contributed by atoms with Gasteiger partial charge in [-0.3, -0.25) is 4.79 Å². The molecule has 0 saturated heterocycles. The Morgan fingerprint density at radius 1 is 1.11 bits per heavy atom. The van der Waals surface area contributed by atoms with Crippen molar-refractivity contribution < 1.29 is 19.7 Å². The maximum atomic E-state index is 11.5. The van der Waals surface area contributed by atoms with Crippen LogP contribution >= 0.6 is 0 Å². The van der Waals surface area contributed by atoms with Gasteiger partial charge >= 0.3 is 0 Å². The molecule has 0 unspecified atom stereocenters. The highest BCUT2D eigenvalue weighted by atomic mass is 16.5. The Kier molecular flexibility index (Phi) is 5.65. The third-order valence-electron chi connectivity index (χ3n) is 4.03. The first kappa shape index (κ1) is 19.0. The number of hydrogen-bond acceptors (Lipinski definition) is 6. The number of carbonyl (C=O) groups is 1. The minimum atomic E-state index is -1.14. The summed E-state index contributed by atoms with van der Waals surface area (Å²) in [6.45, 7) is -0.487. The highest BCUT2D eigenvalue weighted by Crippen LogP contribution is 2.27. The second-order valence-corrected chi connectivity index (χ2v) is 6.00. The number of ether oxygens (including phenoxy) is 1. The maximum Gasteiger partial charge on any atom is 0.267 e. The molecule has 28 heavy (non-hydrogen) atoms. The van der Waals surface area contributed by atoms with Gasteiger partial charge in [-0.15, -0.1) is 0 Å². The number of amides is 1. The van der Waals surface area contributed by atoms with Gasteiger partial charge in [-0.05, 0) is 66.2 Å². The van der Waals surface area contributed by atoms with Gasteiger partial charge in [-0.25, -0.2) is 4.98 Å². The maximum absolute atomic E-state index is 11.5. The van der Waals surface area contributed by atoms with Gasteiger partial charge in [0.2, 0.25) is 0 Å².